The molecule has 166 valence electrons. The Bertz CT molecular complexity index is 1330. The molecule has 0 atom stereocenters. The first-order chi connectivity index (χ1) is 15.6. The van der Waals surface area contributed by atoms with Crippen LogP contribution in [0.1, 0.15) is 5.76 Å². The van der Waals surface area contributed by atoms with Crippen LogP contribution >= 0.6 is 11.3 Å². The second-order valence-electron chi connectivity index (χ2n) is 7.17. The number of hydrogen-bond acceptors (Lipinski definition) is 7. The summed E-state index contributed by atoms with van der Waals surface area (Å²) in [4.78, 5) is 5.76. The van der Waals surface area contributed by atoms with E-state index in [0.717, 1.165) is 22.0 Å². The fraction of sp³-hybridized carbons (Fsp3) is 0.227. The SMILES string of the molecule is O=S(=O)(c1ccc(N=c2scc(-c3ccco3)n2Cc2ccco2)cc1)N1CCOCC1. The molecule has 4 aromatic rings. The number of hydrogen-bond donors (Lipinski definition) is 0. The van der Waals surface area contributed by atoms with Crippen molar-refractivity contribution in [3.63, 3.8) is 0 Å². The molecule has 0 N–H and O–H groups in total. The third-order valence-corrected chi connectivity index (χ3v) is 7.91. The Balaban J connectivity index is 1.48. The van der Waals surface area contributed by atoms with Gasteiger partial charge in [-0.3, -0.25) is 0 Å². The summed E-state index contributed by atoms with van der Waals surface area (Å²) in [5, 5.41) is 1.98. The number of nitrogens with zero attached hydrogens (tertiary/aromatic N) is 3. The molecule has 0 bridgehead atoms. The first-order valence-corrected chi connectivity index (χ1v) is 12.4. The number of ether oxygens (including phenoxy) is 1. The lowest BCUT2D eigenvalue weighted by atomic mass is 10.3. The maximum Gasteiger partial charge on any atom is 0.243 e. The number of thiazole rings is 1. The average Bonchev–Trinajstić information content (AvgIpc) is 3.59. The van der Waals surface area contributed by atoms with Gasteiger partial charge in [-0.2, -0.15) is 4.31 Å². The van der Waals surface area contributed by atoms with Crippen molar-refractivity contribution in [1.82, 2.24) is 8.87 Å². The van der Waals surface area contributed by atoms with Gasteiger partial charge in [0.05, 0.1) is 48.6 Å². The van der Waals surface area contributed by atoms with E-state index in [9.17, 15) is 8.42 Å². The van der Waals surface area contributed by atoms with E-state index in [0.29, 0.717) is 38.5 Å². The van der Waals surface area contributed by atoms with Crippen LogP contribution in [0.25, 0.3) is 11.5 Å². The third-order valence-electron chi connectivity index (χ3n) is 5.13. The van der Waals surface area contributed by atoms with Gasteiger partial charge < -0.3 is 18.1 Å². The number of morpholine rings is 1. The minimum absolute atomic E-state index is 0.254. The Labute approximate surface area is 189 Å². The Morgan fingerprint density at radius 3 is 2.41 bits per heavy atom. The predicted octanol–water partition coefficient (Wildman–Crippen LogP) is 3.70. The summed E-state index contributed by atoms with van der Waals surface area (Å²) in [6.07, 6.45) is 3.27. The van der Waals surface area contributed by atoms with Crippen LogP contribution in [-0.4, -0.2) is 43.6 Å². The summed E-state index contributed by atoms with van der Waals surface area (Å²) in [6, 6.07) is 14.1. The zero-order valence-corrected chi connectivity index (χ0v) is 18.7. The lowest BCUT2D eigenvalue weighted by Gasteiger charge is -2.26. The standard InChI is InChI=1S/C22H21N3O5S2/c26-32(27,24-9-13-28-14-10-24)19-7-5-17(6-8-19)23-22-25(15-18-3-1-11-29-18)20(16-31-22)21-4-2-12-30-21/h1-8,11-12,16H,9-10,13-15H2. The van der Waals surface area contributed by atoms with Crippen molar-refractivity contribution in [3.8, 4) is 11.5 Å². The molecule has 4 heterocycles. The van der Waals surface area contributed by atoms with E-state index in [4.69, 9.17) is 18.6 Å². The summed E-state index contributed by atoms with van der Waals surface area (Å²) in [5.41, 5.74) is 1.55. The van der Waals surface area contributed by atoms with Crippen molar-refractivity contribution in [2.45, 2.75) is 11.4 Å². The molecule has 0 aliphatic carbocycles. The van der Waals surface area contributed by atoms with Crippen LogP contribution in [0.5, 0.6) is 0 Å². The quantitative estimate of drug-likeness (QED) is 0.428. The van der Waals surface area contributed by atoms with Crippen LogP contribution < -0.4 is 4.80 Å². The Kier molecular flexibility index (Phi) is 5.83. The Hall–Kier alpha value is -2.92. The minimum atomic E-state index is -3.54. The Morgan fingerprint density at radius 2 is 1.72 bits per heavy atom. The summed E-state index contributed by atoms with van der Waals surface area (Å²) in [7, 11) is -3.54. The largest absolute Gasteiger partial charge is 0.467 e. The third kappa shape index (κ3) is 4.22. The highest BCUT2D eigenvalue weighted by molar-refractivity contribution is 7.89. The molecule has 1 aliphatic heterocycles. The number of benzene rings is 1. The average molecular weight is 472 g/mol. The molecular weight excluding hydrogens is 450 g/mol. The summed E-state index contributed by atoms with van der Waals surface area (Å²) in [6.45, 7) is 2.06. The number of sulfonamides is 1. The van der Waals surface area contributed by atoms with Gasteiger partial charge in [-0.15, -0.1) is 11.3 Å². The van der Waals surface area contributed by atoms with Crippen molar-refractivity contribution >= 4 is 27.0 Å². The molecule has 0 amide bonds. The molecule has 0 spiro atoms. The van der Waals surface area contributed by atoms with Gasteiger partial charge in [0.25, 0.3) is 0 Å². The second-order valence-corrected chi connectivity index (χ2v) is 9.94. The van der Waals surface area contributed by atoms with Gasteiger partial charge >= 0.3 is 0 Å². The fourth-order valence-corrected chi connectivity index (χ4v) is 5.81. The number of aromatic nitrogens is 1. The summed E-state index contributed by atoms with van der Waals surface area (Å²) < 4.78 is 45.5. The summed E-state index contributed by atoms with van der Waals surface area (Å²) >= 11 is 1.48. The van der Waals surface area contributed by atoms with E-state index in [1.807, 2.05) is 34.2 Å². The van der Waals surface area contributed by atoms with E-state index < -0.39 is 10.0 Å². The van der Waals surface area contributed by atoms with Gasteiger partial charge in [0.15, 0.2) is 10.6 Å². The molecule has 0 radical (unpaired) electrons. The molecule has 1 saturated heterocycles. The van der Waals surface area contributed by atoms with Crippen LogP contribution in [0.4, 0.5) is 5.69 Å². The zero-order chi connectivity index (χ0) is 22.0. The van der Waals surface area contributed by atoms with Gasteiger partial charge in [0.1, 0.15) is 5.76 Å². The first kappa shape index (κ1) is 21.0. The first-order valence-electron chi connectivity index (χ1n) is 10.1. The number of furan rings is 2. The highest BCUT2D eigenvalue weighted by Crippen LogP contribution is 2.24. The normalized spacial score (nSPS) is 15.9. The van der Waals surface area contributed by atoms with Crippen molar-refractivity contribution in [2.24, 2.45) is 4.99 Å². The van der Waals surface area contributed by atoms with Crippen LogP contribution in [0, 0.1) is 0 Å². The van der Waals surface area contributed by atoms with Gasteiger partial charge in [0, 0.05) is 18.5 Å². The molecule has 1 fully saturated rings. The summed E-state index contributed by atoms with van der Waals surface area (Å²) in [5.74, 6) is 1.53. The molecule has 32 heavy (non-hydrogen) atoms. The van der Waals surface area contributed by atoms with E-state index in [2.05, 4.69) is 0 Å². The van der Waals surface area contributed by atoms with Gasteiger partial charge in [-0.05, 0) is 48.5 Å². The zero-order valence-electron chi connectivity index (χ0n) is 17.1. The molecule has 1 aliphatic rings. The van der Waals surface area contributed by atoms with Gasteiger partial charge in [-0.1, -0.05) is 0 Å². The minimum Gasteiger partial charge on any atom is -0.467 e. The van der Waals surface area contributed by atoms with Crippen molar-refractivity contribution < 1.29 is 22.0 Å². The topological polar surface area (TPSA) is 90.2 Å². The monoisotopic (exact) mass is 471 g/mol. The van der Waals surface area contributed by atoms with E-state index in [1.54, 1.807) is 36.8 Å². The molecule has 1 aromatic carbocycles. The fourth-order valence-electron chi connectivity index (χ4n) is 3.49. The van der Waals surface area contributed by atoms with Crippen molar-refractivity contribution in [3.05, 3.63) is 77.0 Å². The molecule has 0 unspecified atom stereocenters. The molecule has 5 rings (SSSR count). The Morgan fingerprint density at radius 1 is 0.969 bits per heavy atom. The van der Waals surface area contributed by atoms with Crippen molar-refractivity contribution in [1.29, 1.82) is 0 Å². The molecule has 3 aromatic heterocycles. The van der Waals surface area contributed by atoms with Crippen molar-refractivity contribution in [2.75, 3.05) is 26.3 Å². The van der Waals surface area contributed by atoms with E-state index >= 15 is 0 Å². The lowest BCUT2D eigenvalue weighted by molar-refractivity contribution is 0.0730. The van der Waals surface area contributed by atoms with Crippen LogP contribution in [0.15, 0.2) is 85.2 Å². The molecular formula is C22H21N3O5S2. The van der Waals surface area contributed by atoms with Crippen LogP contribution in [-0.2, 0) is 21.3 Å². The van der Waals surface area contributed by atoms with Gasteiger partial charge in [-0.25, -0.2) is 13.4 Å². The van der Waals surface area contributed by atoms with Gasteiger partial charge in [0.2, 0.25) is 10.0 Å². The number of rotatable bonds is 6. The highest BCUT2D eigenvalue weighted by atomic mass is 32.2. The molecule has 0 saturated carbocycles. The highest BCUT2D eigenvalue weighted by Gasteiger charge is 2.26. The smallest absolute Gasteiger partial charge is 0.243 e. The molecule has 10 heteroatoms. The maximum absolute atomic E-state index is 12.8. The maximum atomic E-state index is 12.8. The molecule has 8 nitrogen and oxygen atoms in total. The van der Waals surface area contributed by atoms with E-state index in [1.165, 1.54) is 15.6 Å². The predicted molar refractivity (Wildman–Crippen MR) is 119 cm³/mol. The van der Waals surface area contributed by atoms with E-state index in [-0.39, 0.29) is 4.90 Å². The van der Waals surface area contributed by atoms with Crippen LogP contribution in [0.2, 0.25) is 0 Å². The van der Waals surface area contributed by atoms with Crippen LogP contribution in [0.3, 0.4) is 0 Å². The second kappa shape index (κ2) is 8.91. The lowest BCUT2D eigenvalue weighted by Crippen LogP contribution is -2.40.